The summed E-state index contributed by atoms with van der Waals surface area (Å²) in [6, 6.07) is 7.65. The molecule has 2 aromatic heterocycles. The summed E-state index contributed by atoms with van der Waals surface area (Å²) in [5, 5.41) is 10.8. The molecule has 3 aromatic rings. The van der Waals surface area contributed by atoms with Crippen molar-refractivity contribution in [2.75, 3.05) is 11.9 Å². The van der Waals surface area contributed by atoms with Gasteiger partial charge in [-0.25, -0.2) is 0 Å². The molecular formula is C16H12ClN5. The van der Waals surface area contributed by atoms with Gasteiger partial charge in [0.25, 0.3) is 0 Å². The minimum atomic E-state index is 0.501. The molecule has 0 fully saturated rings. The second kappa shape index (κ2) is 5.96. The summed E-state index contributed by atoms with van der Waals surface area (Å²) < 4.78 is 0. The van der Waals surface area contributed by atoms with Crippen LogP contribution in [0.15, 0.2) is 43.0 Å². The van der Waals surface area contributed by atoms with E-state index in [4.69, 9.17) is 11.6 Å². The van der Waals surface area contributed by atoms with Gasteiger partial charge in [-0.05, 0) is 18.2 Å². The van der Waals surface area contributed by atoms with Gasteiger partial charge in [-0.3, -0.25) is 15.0 Å². The van der Waals surface area contributed by atoms with Crippen molar-refractivity contribution >= 4 is 28.2 Å². The molecule has 1 aromatic carbocycles. The molecule has 0 aliphatic heterocycles. The van der Waals surface area contributed by atoms with Gasteiger partial charge in [0, 0.05) is 36.0 Å². The molecule has 0 saturated carbocycles. The molecule has 0 spiro atoms. The van der Waals surface area contributed by atoms with Crippen LogP contribution in [0.25, 0.3) is 10.9 Å². The van der Waals surface area contributed by atoms with Crippen molar-refractivity contribution in [2.45, 2.75) is 6.54 Å². The van der Waals surface area contributed by atoms with E-state index in [2.05, 4.69) is 21.0 Å². The highest BCUT2D eigenvalue weighted by molar-refractivity contribution is 6.31. The number of anilines is 1. The van der Waals surface area contributed by atoms with Crippen LogP contribution in [0, 0.1) is 11.3 Å². The zero-order valence-electron chi connectivity index (χ0n) is 11.9. The molecule has 0 N–H and O–H groups in total. The Balaban J connectivity index is 2.11. The fourth-order valence-electron chi connectivity index (χ4n) is 2.38. The Morgan fingerprint density at radius 1 is 1.23 bits per heavy atom. The monoisotopic (exact) mass is 309 g/mol. The summed E-state index contributed by atoms with van der Waals surface area (Å²) in [6.45, 7) is 0.536. The van der Waals surface area contributed by atoms with Crippen LogP contribution < -0.4 is 4.90 Å². The second-order valence-corrected chi connectivity index (χ2v) is 5.28. The first kappa shape index (κ1) is 14.2. The number of benzene rings is 1. The van der Waals surface area contributed by atoms with E-state index >= 15 is 0 Å². The smallest absolute Gasteiger partial charge is 0.103 e. The quantitative estimate of drug-likeness (QED) is 0.743. The van der Waals surface area contributed by atoms with Crippen molar-refractivity contribution in [3.63, 3.8) is 0 Å². The number of hydrogen-bond acceptors (Lipinski definition) is 5. The standard InChI is InChI=1S/C16H12ClN5/c1-22(10-13-9-19-4-5-20-13)16-11(7-18)8-21-15-3-2-12(17)6-14(15)16/h2-6,8-9H,10H2,1H3. The molecule has 0 amide bonds. The van der Waals surface area contributed by atoms with Gasteiger partial charge in [0.2, 0.25) is 0 Å². The maximum absolute atomic E-state index is 9.38. The molecule has 6 heteroatoms. The number of halogens is 1. The zero-order chi connectivity index (χ0) is 15.5. The van der Waals surface area contributed by atoms with E-state index in [1.807, 2.05) is 24.1 Å². The third kappa shape index (κ3) is 2.69. The predicted octanol–water partition coefficient (Wildman–Crippen LogP) is 3.19. The van der Waals surface area contributed by atoms with Crippen LogP contribution in [-0.2, 0) is 6.54 Å². The molecule has 5 nitrogen and oxygen atoms in total. The van der Waals surface area contributed by atoms with Gasteiger partial charge in [0.15, 0.2) is 0 Å². The van der Waals surface area contributed by atoms with Crippen molar-refractivity contribution in [3.8, 4) is 6.07 Å². The lowest BCUT2D eigenvalue weighted by atomic mass is 10.1. The number of nitrogens with zero attached hydrogens (tertiary/aromatic N) is 5. The average molecular weight is 310 g/mol. The first-order valence-electron chi connectivity index (χ1n) is 6.63. The third-order valence-electron chi connectivity index (χ3n) is 3.32. The van der Waals surface area contributed by atoms with Crippen molar-refractivity contribution in [3.05, 3.63) is 59.3 Å². The minimum absolute atomic E-state index is 0.501. The van der Waals surface area contributed by atoms with E-state index in [9.17, 15) is 5.26 Å². The van der Waals surface area contributed by atoms with Gasteiger partial charge < -0.3 is 4.90 Å². The lowest BCUT2D eigenvalue weighted by Gasteiger charge is -2.21. The van der Waals surface area contributed by atoms with Gasteiger partial charge in [-0.1, -0.05) is 11.6 Å². The van der Waals surface area contributed by atoms with Gasteiger partial charge in [0.05, 0.1) is 35.2 Å². The Hall–Kier alpha value is -2.71. The molecule has 108 valence electrons. The molecule has 0 radical (unpaired) electrons. The molecule has 3 rings (SSSR count). The Morgan fingerprint density at radius 3 is 2.82 bits per heavy atom. The van der Waals surface area contributed by atoms with E-state index in [1.54, 1.807) is 30.9 Å². The number of hydrogen-bond donors (Lipinski definition) is 0. The third-order valence-corrected chi connectivity index (χ3v) is 3.55. The molecular weight excluding hydrogens is 298 g/mol. The maximum Gasteiger partial charge on any atom is 0.103 e. The van der Waals surface area contributed by atoms with E-state index in [0.717, 1.165) is 22.3 Å². The lowest BCUT2D eigenvalue weighted by Crippen LogP contribution is -2.19. The van der Waals surface area contributed by atoms with E-state index in [1.165, 1.54) is 0 Å². The molecule has 0 bridgehead atoms. The number of fused-ring (bicyclic) bond motifs is 1. The van der Waals surface area contributed by atoms with Crippen LogP contribution in [0.3, 0.4) is 0 Å². The topological polar surface area (TPSA) is 65.7 Å². The average Bonchev–Trinajstić information content (AvgIpc) is 2.54. The molecule has 2 heterocycles. The van der Waals surface area contributed by atoms with Crippen LogP contribution in [-0.4, -0.2) is 22.0 Å². The number of rotatable bonds is 3. The number of nitriles is 1. The summed E-state index contributed by atoms with van der Waals surface area (Å²) in [5.74, 6) is 0. The van der Waals surface area contributed by atoms with Crippen molar-refractivity contribution < 1.29 is 0 Å². The highest BCUT2D eigenvalue weighted by Crippen LogP contribution is 2.31. The SMILES string of the molecule is CN(Cc1cnccn1)c1c(C#N)cnc2ccc(Cl)cc12. The van der Waals surface area contributed by atoms with Gasteiger partial charge in [-0.2, -0.15) is 5.26 Å². The fraction of sp³-hybridized carbons (Fsp3) is 0.125. The fourth-order valence-corrected chi connectivity index (χ4v) is 2.55. The van der Waals surface area contributed by atoms with Gasteiger partial charge in [0.1, 0.15) is 6.07 Å². The maximum atomic E-state index is 9.38. The van der Waals surface area contributed by atoms with Crippen molar-refractivity contribution in [1.29, 1.82) is 5.26 Å². The summed E-state index contributed by atoms with van der Waals surface area (Å²) in [7, 11) is 1.91. The number of pyridine rings is 1. The Kier molecular flexibility index (Phi) is 3.86. The van der Waals surface area contributed by atoms with E-state index in [-0.39, 0.29) is 0 Å². The normalized spacial score (nSPS) is 10.4. The van der Waals surface area contributed by atoms with Crippen LogP contribution in [0.4, 0.5) is 5.69 Å². The predicted molar refractivity (Wildman–Crippen MR) is 85.6 cm³/mol. The molecule has 0 aliphatic carbocycles. The molecule has 0 saturated heterocycles. The minimum Gasteiger partial charge on any atom is -0.367 e. The van der Waals surface area contributed by atoms with Crippen LogP contribution >= 0.6 is 11.6 Å². The van der Waals surface area contributed by atoms with Gasteiger partial charge in [-0.15, -0.1) is 0 Å². The first-order chi connectivity index (χ1) is 10.7. The second-order valence-electron chi connectivity index (χ2n) is 4.85. The molecule has 0 aliphatic rings. The summed E-state index contributed by atoms with van der Waals surface area (Å²) in [5.41, 5.74) is 2.91. The Bertz CT molecular complexity index is 858. The Labute approximate surface area is 132 Å². The first-order valence-corrected chi connectivity index (χ1v) is 7.01. The highest BCUT2D eigenvalue weighted by Gasteiger charge is 2.14. The van der Waals surface area contributed by atoms with Crippen molar-refractivity contribution in [1.82, 2.24) is 15.0 Å². The highest BCUT2D eigenvalue weighted by atomic mass is 35.5. The van der Waals surface area contributed by atoms with E-state index in [0.29, 0.717) is 17.1 Å². The lowest BCUT2D eigenvalue weighted by molar-refractivity contribution is 0.874. The van der Waals surface area contributed by atoms with Crippen LogP contribution in [0.2, 0.25) is 5.02 Å². The molecule has 22 heavy (non-hydrogen) atoms. The number of aromatic nitrogens is 3. The summed E-state index contributed by atoms with van der Waals surface area (Å²) >= 11 is 6.10. The summed E-state index contributed by atoms with van der Waals surface area (Å²) in [4.78, 5) is 14.6. The molecule has 0 unspecified atom stereocenters. The van der Waals surface area contributed by atoms with Crippen LogP contribution in [0.5, 0.6) is 0 Å². The van der Waals surface area contributed by atoms with Gasteiger partial charge >= 0.3 is 0 Å². The van der Waals surface area contributed by atoms with Crippen molar-refractivity contribution in [2.24, 2.45) is 0 Å². The van der Waals surface area contributed by atoms with E-state index < -0.39 is 0 Å². The molecule has 0 atom stereocenters. The zero-order valence-corrected chi connectivity index (χ0v) is 12.6. The van der Waals surface area contributed by atoms with Crippen LogP contribution in [0.1, 0.15) is 11.3 Å². The summed E-state index contributed by atoms with van der Waals surface area (Å²) in [6.07, 6.45) is 6.57. The largest absolute Gasteiger partial charge is 0.367 e. The Morgan fingerprint density at radius 2 is 2.09 bits per heavy atom.